The summed E-state index contributed by atoms with van der Waals surface area (Å²) < 4.78 is 1.90. The van der Waals surface area contributed by atoms with E-state index in [0.29, 0.717) is 10.0 Å². The van der Waals surface area contributed by atoms with Crippen molar-refractivity contribution >= 4 is 23.2 Å². The Bertz CT molecular complexity index is 661. The van der Waals surface area contributed by atoms with Crippen LogP contribution >= 0.6 is 23.2 Å². The van der Waals surface area contributed by atoms with Crippen LogP contribution in [0.25, 0.3) is 5.69 Å². The zero-order valence-corrected chi connectivity index (χ0v) is 13.0. The van der Waals surface area contributed by atoms with Crippen molar-refractivity contribution in [1.29, 1.82) is 0 Å². The molecule has 1 aromatic heterocycles. The Morgan fingerprint density at radius 3 is 2.80 bits per heavy atom. The van der Waals surface area contributed by atoms with Gasteiger partial charge in [-0.25, -0.2) is 4.68 Å². The minimum absolute atomic E-state index is 0.0357. The number of nitrogens with zero attached hydrogens (tertiary/aromatic N) is 2. The highest BCUT2D eigenvalue weighted by molar-refractivity contribution is 6.35. The molecule has 2 aromatic rings. The molecule has 0 saturated carbocycles. The molecule has 1 atom stereocenters. The van der Waals surface area contributed by atoms with Gasteiger partial charge in [0, 0.05) is 22.3 Å². The van der Waals surface area contributed by atoms with Gasteiger partial charge < -0.3 is 5.73 Å². The lowest BCUT2D eigenvalue weighted by Gasteiger charge is -2.33. The van der Waals surface area contributed by atoms with E-state index in [1.165, 1.54) is 0 Å². The summed E-state index contributed by atoms with van der Waals surface area (Å²) in [5, 5.41) is 5.70. The van der Waals surface area contributed by atoms with Gasteiger partial charge in [-0.2, -0.15) is 5.10 Å². The second-order valence-corrected chi connectivity index (χ2v) is 7.05. The largest absolute Gasteiger partial charge is 0.324 e. The van der Waals surface area contributed by atoms with Crippen molar-refractivity contribution in [3.05, 3.63) is 45.7 Å². The van der Waals surface area contributed by atoms with Gasteiger partial charge in [0.05, 0.1) is 16.9 Å². The minimum Gasteiger partial charge on any atom is -0.324 e. The van der Waals surface area contributed by atoms with Crippen molar-refractivity contribution in [3.8, 4) is 5.69 Å². The Hall–Kier alpha value is -1.03. The number of aromatic nitrogens is 2. The van der Waals surface area contributed by atoms with E-state index in [1.807, 2.05) is 23.0 Å². The van der Waals surface area contributed by atoms with Crippen LogP contribution in [-0.4, -0.2) is 9.78 Å². The molecule has 2 N–H and O–H groups in total. The molecule has 1 aliphatic rings. The molecule has 0 bridgehead atoms. The van der Waals surface area contributed by atoms with E-state index in [0.717, 1.165) is 29.8 Å². The highest BCUT2D eigenvalue weighted by Crippen LogP contribution is 2.40. The smallest absolute Gasteiger partial charge is 0.0836 e. The summed E-state index contributed by atoms with van der Waals surface area (Å²) in [6.07, 6.45) is 3.77. The molecule has 0 spiro atoms. The molecular weight excluding hydrogens is 293 g/mol. The van der Waals surface area contributed by atoms with Crippen molar-refractivity contribution in [2.45, 2.75) is 32.7 Å². The molecule has 20 heavy (non-hydrogen) atoms. The van der Waals surface area contributed by atoms with E-state index in [1.54, 1.807) is 6.07 Å². The van der Waals surface area contributed by atoms with Crippen molar-refractivity contribution in [3.63, 3.8) is 0 Å². The van der Waals surface area contributed by atoms with Gasteiger partial charge in [0.2, 0.25) is 0 Å². The summed E-state index contributed by atoms with van der Waals surface area (Å²) in [4.78, 5) is 0. The van der Waals surface area contributed by atoms with Gasteiger partial charge in [-0.1, -0.05) is 37.0 Å². The van der Waals surface area contributed by atoms with Crippen LogP contribution in [0.15, 0.2) is 24.4 Å². The van der Waals surface area contributed by atoms with E-state index in [-0.39, 0.29) is 11.5 Å². The lowest BCUT2D eigenvalue weighted by atomic mass is 9.74. The van der Waals surface area contributed by atoms with Crippen LogP contribution < -0.4 is 5.73 Å². The van der Waals surface area contributed by atoms with Crippen LogP contribution in [0, 0.1) is 5.41 Å². The quantitative estimate of drug-likeness (QED) is 0.860. The molecule has 0 aliphatic heterocycles. The van der Waals surface area contributed by atoms with Crippen LogP contribution in [0.5, 0.6) is 0 Å². The minimum atomic E-state index is 0.0357. The summed E-state index contributed by atoms with van der Waals surface area (Å²) in [6.45, 7) is 4.47. The second kappa shape index (κ2) is 4.76. The first-order chi connectivity index (χ1) is 9.37. The number of fused-ring (bicyclic) bond motifs is 1. The Morgan fingerprint density at radius 1 is 1.35 bits per heavy atom. The Morgan fingerprint density at radius 2 is 2.10 bits per heavy atom. The molecule has 5 heteroatoms. The average molecular weight is 310 g/mol. The van der Waals surface area contributed by atoms with Crippen molar-refractivity contribution < 1.29 is 0 Å². The van der Waals surface area contributed by atoms with Crippen molar-refractivity contribution in [2.75, 3.05) is 0 Å². The fourth-order valence-corrected chi connectivity index (χ4v) is 3.45. The molecule has 1 aliphatic carbocycles. The SMILES string of the molecule is CC1(C)Cc2c(cnn2-c2ccc(Cl)cc2Cl)C(N)C1. The zero-order chi connectivity index (χ0) is 14.5. The first-order valence-electron chi connectivity index (χ1n) is 6.65. The predicted octanol–water partition coefficient (Wildman–Crippen LogP) is 4.15. The van der Waals surface area contributed by atoms with Gasteiger partial charge in [-0.05, 0) is 36.5 Å². The number of nitrogens with two attached hydrogens (primary N) is 1. The first kappa shape index (κ1) is 13.9. The number of halogens is 2. The molecule has 0 radical (unpaired) electrons. The molecular formula is C15H17Cl2N3. The molecule has 0 saturated heterocycles. The van der Waals surface area contributed by atoms with E-state index >= 15 is 0 Å². The maximum Gasteiger partial charge on any atom is 0.0836 e. The number of hydrogen-bond acceptors (Lipinski definition) is 2. The van der Waals surface area contributed by atoms with Gasteiger partial charge >= 0.3 is 0 Å². The molecule has 3 rings (SSSR count). The van der Waals surface area contributed by atoms with Crippen LogP contribution in [0.3, 0.4) is 0 Å². The molecule has 106 valence electrons. The van der Waals surface area contributed by atoms with Crippen LogP contribution in [0.4, 0.5) is 0 Å². The third-order valence-corrected chi connectivity index (χ3v) is 4.39. The van der Waals surface area contributed by atoms with E-state index in [4.69, 9.17) is 28.9 Å². The summed E-state index contributed by atoms with van der Waals surface area (Å²) in [7, 11) is 0. The molecule has 1 unspecified atom stereocenters. The lowest BCUT2D eigenvalue weighted by molar-refractivity contribution is 0.278. The molecule has 1 heterocycles. The van der Waals surface area contributed by atoms with Gasteiger partial charge in [-0.15, -0.1) is 0 Å². The average Bonchev–Trinajstić information content (AvgIpc) is 2.71. The Labute approximate surface area is 128 Å². The molecule has 1 aromatic carbocycles. The van der Waals surface area contributed by atoms with Gasteiger partial charge in [0.25, 0.3) is 0 Å². The van der Waals surface area contributed by atoms with Gasteiger partial charge in [-0.3, -0.25) is 0 Å². The predicted molar refractivity (Wildman–Crippen MR) is 82.6 cm³/mol. The number of rotatable bonds is 1. The summed E-state index contributed by atoms with van der Waals surface area (Å²) >= 11 is 12.3. The number of hydrogen-bond donors (Lipinski definition) is 1. The maximum atomic E-state index is 6.29. The highest BCUT2D eigenvalue weighted by atomic mass is 35.5. The summed E-state index contributed by atoms with van der Waals surface area (Å²) in [5.41, 5.74) is 9.56. The molecule has 0 fully saturated rings. The van der Waals surface area contributed by atoms with E-state index < -0.39 is 0 Å². The van der Waals surface area contributed by atoms with Crippen molar-refractivity contribution in [1.82, 2.24) is 9.78 Å². The zero-order valence-electron chi connectivity index (χ0n) is 11.5. The van der Waals surface area contributed by atoms with Crippen LogP contribution in [0.1, 0.15) is 37.6 Å². The van der Waals surface area contributed by atoms with Crippen molar-refractivity contribution in [2.24, 2.45) is 11.1 Å². The third kappa shape index (κ3) is 2.34. The monoisotopic (exact) mass is 309 g/mol. The van der Waals surface area contributed by atoms with E-state index in [9.17, 15) is 0 Å². The second-order valence-electron chi connectivity index (χ2n) is 6.21. The number of benzene rings is 1. The topological polar surface area (TPSA) is 43.8 Å². The van der Waals surface area contributed by atoms with Gasteiger partial charge in [0.15, 0.2) is 0 Å². The van der Waals surface area contributed by atoms with Gasteiger partial charge in [0.1, 0.15) is 0 Å². The summed E-state index contributed by atoms with van der Waals surface area (Å²) in [5.74, 6) is 0. The standard InChI is InChI=1S/C15H17Cl2N3/c1-15(2)6-12(18)10-8-19-20(14(10)7-15)13-4-3-9(16)5-11(13)17/h3-5,8,12H,6-7,18H2,1-2H3. The fraction of sp³-hybridized carbons (Fsp3) is 0.400. The fourth-order valence-electron chi connectivity index (χ4n) is 2.96. The molecule has 3 nitrogen and oxygen atoms in total. The lowest BCUT2D eigenvalue weighted by Crippen LogP contribution is -2.30. The Kier molecular flexibility index (Phi) is 3.32. The van der Waals surface area contributed by atoms with Crippen LogP contribution in [0.2, 0.25) is 10.0 Å². The Balaban J connectivity index is 2.13. The first-order valence-corrected chi connectivity index (χ1v) is 7.41. The highest BCUT2D eigenvalue weighted by Gasteiger charge is 2.33. The third-order valence-electron chi connectivity index (χ3n) is 3.86. The summed E-state index contributed by atoms with van der Waals surface area (Å²) in [6, 6.07) is 5.49. The maximum absolute atomic E-state index is 6.29. The van der Waals surface area contributed by atoms with Crippen LogP contribution in [-0.2, 0) is 6.42 Å². The molecule has 0 amide bonds. The normalized spacial score (nSPS) is 20.8. The van der Waals surface area contributed by atoms with E-state index in [2.05, 4.69) is 18.9 Å².